The Balaban J connectivity index is 2.09. The van der Waals surface area contributed by atoms with Gasteiger partial charge in [-0.25, -0.2) is 5.48 Å². The van der Waals surface area contributed by atoms with Crippen LogP contribution >= 0.6 is 11.6 Å². The van der Waals surface area contributed by atoms with Gasteiger partial charge in [0.2, 0.25) is 0 Å². The molecule has 1 N–H and O–H groups in total. The van der Waals surface area contributed by atoms with E-state index in [1.54, 1.807) is 7.05 Å². The summed E-state index contributed by atoms with van der Waals surface area (Å²) in [6, 6.07) is 1.50. The van der Waals surface area contributed by atoms with Crippen LogP contribution < -0.4 is 5.48 Å². The Hall–Kier alpha value is -1.07. The third kappa shape index (κ3) is 6.07. The highest BCUT2D eigenvalue weighted by Gasteiger charge is 2.11. The molecular weight excluding hydrogens is 266 g/mol. The van der Waals surface area contributed by atoms with E-state index in [0.29, 0.717) is 17.5 Å². The number of hydroxylamine groups is 1. The first-order valence-electron chi connectivity index (χ1n) is 6.76. The lowest BCUT2D eigenvalue weighted by Gasteiger charge is -2.05. The second kappa shape index (κ2) is 8.93. The van der Waals surface area contributed by atoms with Crippen molar-refractivity contribution in [1.82, 2.24) is 15.3 Å². The van der Waals surface area contributed by atoms with Gasteiger partial charge < -0.3 is 0 Å². The average molecular weight is 288 g/mol. The summed E-state index contributed by atoms with van der Waals surface area (Å²) in [5, 5.41) is 4.18. The summed E-state index contributed by atoms with van der Waals surface area (Å²) in [7, 11) is 1.66. The number of nitrogens with one attached hydrogen (secondary N) is 1. The normalized spacial score (nSPS) is 10.7. The van der Waals surface area contributed by atoms with Crippen molar-refractivity contribution in [2.45, 2.75) is 45.4 Å². The van der Waals surface area contributed by atoms with E-state index >= 15 is 0 Å². The number of unbranched alkanes of at least 4 members (excludes halogenated alkanes) is 5. The fourth-order valence-electron chi connectivity index (χ4n) is 1.77. The molecule has 0 saturated carbocycles. The number of nitrogens with zero attached hydrogens (tertiary/aromatic N) is 2. The van der Waals surface area contributed by atoms with E-state index < -0.39 is 0 Å². The Labute approximate surface area is 119 Å². The molecule has 0 spiro atoms. The number of rotatable bonds is 9. The van der Waals surface area contributed by atoms with Gasteiger partial charge in [-0.15, -0.1) is 0 Å². The van der Waals surface area contributed by atoms with Crippen LogP contribution in [0.2, 0.25) is 5.15 Å². The van der Waals surface area contributed by atoms with Gasteiger partial charge in [0.05, 0.1) is 6.61 Å². The summed E-state index contributed by atoms with van der Waals surface area (Å²) in [6.45, 7) is 2.73. The predicted octanol–water partition coefficient (Wildman–Crippen LogP) is 3.10. The predicted molar refractivity (Wildman–Crippen MR) is 75.0 cm³/mol. The van der Waals surface area contributed by atoms with Gasteiger partial charge in [-0.05, 0) is 6.42 Å². The van der Waals surface area contributed by atoms with Crippen LogP contribution in [0.4, 0.5) is 0 Å². The van der Waals surface area contributed by atoms with E-state index in [2.05, 4.69) is 17.5 Å². The van der Waals surface area contributed by atoms with Crippen molar-refractivity contribution < 1.29 is 9.63 Å². The summed E-state index contributed by atoms with van der Waals surface area (Å²) in [4.78, 5) is 16.8. The zero-order chi connectivity index (χ0) is 14.1. The molecule has 0 saturated heterocycles. The highest BCUT2D eigenvalue weighted by Crippen LogP contribution is 2.08. The molecule has 19 heavy (non-hydrogen) atoms. The molecule has 0 unspecified atom stereocenters. The molecule has 1 rings (SSSR count). The minimum atomic E-state index is -0.326. The van der Waals surface area contributed by atoms with Crippen molar-refractivity contribution in [3.63, 3.8) is 0 Å². The number of amides is 1. The Morgan fingerprint density at radius 2 is 2.05 bits per heavy atom. The summed E-state index contributed by atoms with van der Waals surface area (Å²) < 4.78 is 1.42. The number of hydrogen-bond acceptors (Lipinski definition) is 3. The van der Waals surface area contributed by atoms with Crippen molar-refractivity contribution in [1.29, 1.82) is 0 Å². The van der Waals surface area contributed by atoms with E-state index in [4.69, 9.17) is 16.4 Å². The zero-order valence-electron chi connectivity index (χ0n) is 11.6. The molecule has 0 aliphatic rings. The lowest BCUT2D eigenvalue weighted by molar-refractivity contribution is 0.0289. The van der Waals surface area contributed by atoms with E-state index in [-0.39, 0.29) is 5.91 Å². The maximum absolute atomic E-state index is 11.7. The average Bonchev–Trinajstić information content (AvgIpc) is 2.71. The van der Waals surface area contributed by atoms with Crippen molar-refractivity contribution in [2.75, 3.05) is 6.61 Å². The van der Waals surface area contributed by atoms with Gasteiger partial charge in [-0.1, -0.05) is 50.6 Å². The molecule has 1 amide bonds. The van der Waals surface area contributed by atoms with Gasteiger partial charge in [0, 0.05) is 13.1 Å². The van der Waals surface area contributed by atoms with Crippen LogP contribution in [0.3, 0.4) is 0 Å². The van der Waals surface area contributed by atoms with Gasteiger partial charge >= 0.3 is 0 Å². The third-order valence-corrected chi connectivity index (χ3v) is 3.03. The highest BCUT2D eigenvalue weighted by atomic mass is 35.5. The number of aromatic nitrogens is 2. The molecule has 1 aromatic heterocycles. The highest BCUT2D eigenvalue weighted by molar-refractivity contribution is 6.29. The van der Waals surface area contributed by atoms with E-state index in [1.807, 2.05) is 0 Å². The second-order valence-electron chi connectivity index (χ2n) is 4.52. The molecule has 0 aromatic carbocycles. The standard InChI is InChI=1S/C13H22ClN3O2/c1-3-4-5-6-7-8-9-19-16-13(18)11-10-12(14)15-17(11)2/h10H,3-9H2,1-2H3,(H,16,18). The number of carbonyl (C=O) groups is 1. The maximum atomic E-state index is 11.7. The molecule has 5 nitrogen and oxygen atoms in total. The molecule has 6 heteroatoms. The maximum Gasteiger partial charge on any atom is 0.293 e. The largest absolute Gasteiger partial charge is 0.293 e. The smallest absolute Gasteiger partial charge is 0.273 e. The molecule has 108 valence electrons. The molecule has 1 heterocycles. The van der Waals surface area contributed by atoms with Crippen LogP contribution in [-0.2, 0) is 11.9 Å². The summed E-state index contributed by atoms with van der Waals surface area (Å²) in [5.74, 6) is -0.326. The van der Waals surface area contributed by atoms with Crippen LogP contribution in [0.1, 0.15) is 55.9 Å². The Bertz CT molecular complexity index is 393. The number of hydrogen-bond donors (Lipinski definition) is 1. The zero-order valence-corrected chi connectivity index (χ0v) is 12.4. The molecule has 0 radical (unpaired) electrons. The lowest BCUT2D eigenvalue weighted by atomic mass is 10.1. The second-order valence-corrected chi connectivity index (χ2v) is 4.91. The molecule has 0 bridgehead atoms. The van der Waals surface area contributed by atoms with Crippen LogP contribution in [0.15, 0.2) is 6.07 Å². The van der Waals surface area contributed by atoms with Crippen LogP contribution in [-0.4, -0.2) is 22.3 Å². The van der Waals surface area contributed by atoms with Gasteiger partial charge in [-0.3, -0.25) is 14.3 Å². The van der Waals surface area contributed by atoms with E-state index in [0.717, 1.165) is 12.8 Å². The molecular formula is C13H22ClN3O2. The minimum absolute atomic E-state index is 0.295. The van der Waals surface area contributed by atoms with Crippen molar-refractivity contribution in [3.8, 4) is 0 Å². The van der Waals surface area contributed by atoms with Gasteiger partial charge in [0.25, 0.3) is 5.91 Å². The monoisotopic (exact) mass is 287 g/mol. The fraction of sp³-hybridized carbons (Fsp3) is 0.692. The number of aryl methyl sites for hydroxylation is 1. The molecule has 1 aromatic rings. The van der Waals surface area contributed by atoms with E-state index in [9.17, 15) is 4.79 Å². The van der Waals surface area contributed by atoms with Crippen LogP contribution in [0, 0.1) is 0 Å². The molecule has 0 fully saturated rings. The molecule has 0 aliphatic carbocycles. The first-order chi connectivity index (χ1) is 9.15. The Morgan fingerprint density at radius 1 is 1.37 bits per heavy atom. The number of carbonyl (C=O) groups excluding carboxylic acids is 1. The van der Waals surface area contributed by atoms with Gasteiger partial charge in [0.1, 0.15) is 5.69 Å². The van der Waals surface area contributed by atoms with E-state index in [1.165, 1.54) is 36.4 Å². The summed E-state index contributed by atoms with van der Waals surface area (Å²) >= 11 is 5.70. The fourth-order valence-corrected chi connectivity index (χ4v) is 1.98. The Morgan fingerprint density at radius 3 is 2.68 bits per heavy atom. The van der Waals surface area contributed by atoms with Gasteiger partial charge in [-0.2, -0.15) is 5.10 Å². The Kier molecular flexibility index (Phi) is 7.52. The first-order valence-corrected chi connectivity index (χ1v) is 7.14. The van der Waals surface area contributed by atoms with Crippen molar-refractivity contribution in [2.24, 2.45) is 7.05 Å². The van der Waals surface area contributed by atoms with Crippen molar-refractivity contribution >= 4 is 17.5 Å². The van der Waals surface area contributed by atoms with Crippen LogP contribution in [0.5, 0.6) is 0 Å². The SMILES string of the molecule is CCCCCCCCONC(=O)c1cc(Cl)nn1C. The van der Waals surface area contributed by atoms with Gasteiger partial charge in [0.15, 0.2) is 5.15 Å². The van der Waals surface area contributed by atoms with Crippen molar-refractivity contribution in [3.05, 3.63) is 16.9 Å². The quantitative estimate of drug-likeness (QED) is 0.561. The lowest BCUT2D eigenvalue weighted by Crippen LogP contribution is -2.26. The molecule has 0 aliphatic heterocycles. The summed E-state index contributed by atoms with van der Waals surface area (Å²) in [6.07, 6.45) is 7.13. The van der Waals surface area contributed by atoms with Crippen LogP contribution in [0.25, 0.3) is 0 Å². The number of halogens is 1. The summed E-state index contributed by atoms with van der Waals surface area (Å²) in [5.41, 5.74) is 2.78. The minimum Gasteiger partial charge on any atom is -0.273 e. The first kappa shape index (κ1) is 16.0. The third-order valence-electron chi connectivity index (χ3n) is 2.85. The molecule has 0 atom stereocenters. The topological polar surface area (TPSA) is 56.1 Å².